The summed E-state index contributed by atoms with van der Waals surface area (Å²) in [6.45, 7) is 3.90. The molecule has 0 amide bonds. The van der Waals surface area contributed by atoms with E-state index >= 15 is 0 Å². The highest BCUT2D eigenvalue weighted by atomic mass is 35.5. The van der Waals surface area contributed by atoms with Crippen molar-refractivity contribution in [1.29, 1.82) is 0 Å². The molecule has 0 bridgehead atoms. The molecule has 0 unspecified atom stereocenters. The minimum Gasteiger partial charge on any atom is -0.281 e. The summed E-state index contributed by atoms with van der Waals surface area (Å²) in [7, 11) is 0. The normalized spacial score (nSPS) is 11.5. The number of nitrogens with zero attached hydrogens (tertiary/aromatic N) is 6. The van der Waals surface area contributed by atoms with Gasteiger partial charge in [-0.25, -0.2) is 0 Å². The zero-order valence-corrected chi connectivity index (χ0v) is 13.8. The molecule has 3 aromatic heterocycles. The van der Waals surface area contributed by atoms with Gasteiger partial charge < -0.3 is 0 Å². The topological polar surface area (TPSA) is 78.0 Å². The first-order chi connectivity index (χ1) is 11.6. The van der Waals surface area contributed by atoms with Crippen molar-refractivity contribution in [2.45, 2.75) is 20.3 Å². The lowest BCUT2D eigenvalue weighted by molar-refractivity contribution is 0.883. The van der Waals surface area contributed by atoms with Gasteiger partial charge in [-0.05, 0) is 30.7 Å². The Morgan fingerprint density at radius 1 is 1.21 bits per heavy atom. The third kappa shape index (κ3) is 2.16. The average Bonchev–Trinajstić information content (AvgIpc) is 2.99. The van der Waals surface area contributed by atoms with Crippen molar-refractivity contribution in [3.05, 3.63) is 57.2 Å². The highest BCUT2D eigenvalue weighted by molar-refractivity contribution is 6.32. The molecule has 3 heterocycles. The predicted octanol–water partition coefficient (Wildman–Crippen LogP) is 2.35. The molecule has 4 aromatic rings. The van der Waals surface area contributed by atoms with Crippen LogP contribution in [0.2, 0.25) is 5.02 Å². The molecular weight excluding hydrogens is 328 g/mol. The summed E-state index contributed by atoms with van der Waals surface area (Å²) in [5.41, 5.74) is 2.10. The third-order valence-electron chi connectivity index (χ3n) is 3.83. The summed E-state index contributed by atoms with van der Waals surface area (Å²) >= 11 is 6.28. The number of rotatable bonds is 2. The minimum atomic E-state index is -0.304. The van der Waals surface area contributed by atoms with Crippen molar-refractivity contribution in [2.24, 2.45) is 0 Å². The van der Waals surface area contributed by atoms with Gasteiger partial charge in [0.2, 0.25) is 0 Å². The molecule has 0 aliphatic carbocycles. The molecule has 8 heteroatoms. The minimum absolute atomic E-state index is 0.217. The molecule has 7 nitrogen and oxygen atoms in total. The first kappa shape index (κ1) is 14.8. The molecule has 0 saturated heterocycles. The summed E-state index contributed by atoms with van der Waals surface area (Å²) in [5, 5.41) is 12.9. The molecule has 1 aromatic carbocycles. The molecule has 24 heavy (non-hydrogen) atoms. The number of benzene rings is 1. The maximum Gasteiger partial charge on any atom is 0.285 e. The van der Waals surface area contributed by atoms with E-state index in [9.17, 15) is 4.79 Å². The summed E-state index contributed by atoms with van der Waals surface area (Å²) in [6, 6.07) is 7.29. The van der Waals surface area contributed by atoms with Crippen molar-refractivity contribution in [3.8, 4) is 5.69 Å². The fraction of sp³-hybridized carbons (Fsp3) is 0.188. The zero-order chi connectivity index (χ0) is 16.8. The molecule has 0 radical (unpaired) electrons. The standard InChI is InChI=1S/C16H13ClN6O/c1-3-13-18-16-20-19-14-12(23(16)21-13)6-7-22(15(14)24)11-5-4-9(2)8-10(11)17/h4-8H,3H2,1-2H3. The molecule has 0 aliphatic rings. The lowest BCUT2D eigenvalue weighted by Crippen LogP contribution is -2.20. The van der Waals surface area contributed by atoms with Gasteiger partial charge in [-0.2, -0.15) is 9.50 Å². The number of fused-ring (bicyclic) bond motifs is 3. The SMILES string of the molecule is CCc1nc2nnc3c(=O)n(-c4ccc(C)cc4Cl)ccc3n2n1. The van der Waals surface area contributed by atoms with E-state index in [0.29, 0.717) is 34.2 Å². The van der Waals surface area contributed by atoms with Crippen molar-refractivity contribution < 1.29 is 0 Å². The molecule has 4 rings (SSSR count). The van der Waals surface area contributed by atoms with Crippen LogP contribution in [-0.2, 0) is 6.42 Å². The number of hydrogen-bond acceptors (Lipinski definition) is 5. The van der Waals surface area contributed by atoms with E-state index in [1.54, 1.807) is 16.8 Å². The van der Waals surface area contributed by atoms with E-state index in [1.165, 1.54) is 4.57 Å². The first-order valence-electron chi connectivity index (χ1n) is 7.48. The molecule has 0 fully saturated rings. The number of aryl methyl sites for hydroxylation is 2. The fourth-order valence-corrected chi connectivity index (χ4v) is 2.92. The van der Waals surface area contributed by atoms with Gasteiger partial charge >= 0.3 is 0 Å². The molecule has 0 atom stereocenters. The van der Waals surface area contributed by atoms with Crippen molar-refractivity contribution in [3.63, 3.8) is 0 Å². The van der Waals surface area contributed by atoms with Gasteiger partial charge in [0, 0.05) is 12.6 Å². The number of pyridine rings is 1. The van der Waals surface area contributed by atoms with Gasteiger partial charge in [0.15, 0.2) is 11.3 Å². The Balaban J connectivity index is 2.01. The van der Waals surface area contributed by atoms with Crippen molar-refractivity contribution in [1.82, 2.24) is 29.4 Å². The third-order valence-corrected chi connectivity index (χ3v) is 4.13. The molecule has 120 valence electrons. The molecule has 0 spiro atoms. The maximum atomic E-state index is 12.8. The van der Waals surface area contributed by atoms with Gasteiger partial charge in [0.05, 0.1) is 10.7 Å². The van der Waals surface area contributed by atoms with Gasteiger partial charge in [-0.15, -0.1) is 15.3 Å². The van der Waals surface area contributed by atoms with Crippen LogP contribution in [0.15, 0.2) is 35.3 Å². The maximum absolute atomic E-state index is 12.8. The van der Waals surface area contributed by atoms with E-state index in [0.717, 1.165) is 5.56 Å². The van der Waals surface area contributed by atoms with Crippen LogP contribution >= 0.6 is 11.6 Å². The summed E-state index contributed by atoms with van der Waals surface area (Å²) in [5.74, 6) is 1.03. The smallest absolute Gasteiger partial charge is 0.281 e. The average molecular weight is 341 g/mol. The van der Waals surface area contributed by atoms with Gasteiger partial charge in [0.1, 0.15) is 5.52 Å². The quantitative estimate of drug-likeness (QED) is 0.559. The zero-order valence-electron chi connectivity index (χ0n) is 13.1. The highest BCUT2D eigenvalue weighted by Gasteiger charge is 2.14. The van der Waals surface area contributed by atoms with E-state index in [1.807, 2.05) is 32.0 Å². The molecule has 0 saturated carbocycles. The largest absolute Gasteiger partial charge is 0.285 e. The summed E-state index contributed by atoms with van der Waals surface area (Å²) in [4.78, 5) is 17.1. The van der Waals surface area contributed by atoms with Crippen LogP contribution < -0.4 is 5.56 Å². The van der Waals surface area contributed by atoms with E-state index in [2.05, 4.69) is 20.3 Å². The van der Waals surface area contributed by atoms with Crippen LogP contribution in [0.1, 0.15) is 18.3 Å². The Morgan fingerprint density at radius 3 is 2.79 bits per heavy atom. The number of hydrogen-bond donors (Lipinski definition) is 0. The van der Waals surface area contributed by atoms with Gasteiger partial charge in [-0.3, -0.25) is 9.36 Å². The Labute approximate surface area is 141 Å². The molecule has 0 N–H and O–H groups in total. The first-order valence-corrected chi connectivity index (χ1v) is 7.86. The van der Waals surface area contributed by atoms with Crippen LogP contribution in [0, 0.1) is 6.92 Å². The van der Waals surface area contributed by atoms with E-state index in [-0.39, 0.29) is 11.1 Å². The molecular formula is C16H13ClN6O. The highest BCUT2D eigenvalue weighted by Crippen LogP contribution is 2.21. The Bertz CT molecular complexity index is 1150. The van der Waals surface area contributed by atoms with Crippen LogP contribution in [0.5, 0.6) is 0 Å². The lowest BCUT2D eigenvalue weighted by atomic mass is 10.2. The van der Waals surface area contributed by atoms with E-state index in [4.69, 9.17) is 11.6 Å². The second-order valence-corrected chi connectivity index (χ2v) is 5.88. The predicted molar refractivity (Wildman–Crippen MR) is 90.8 cm³/mol. The van der Waals surface area contributed by atoms with Gasteiger partial charge in [-0.1, -0.05) is 24.6 Å². The van der Waals surface area contributed by atoms with Crippen molar-refractivity contribution in [2.75, 3.05) is 0 Å². The summed E-state index contributed by atoms with van der Waals surface area (Å²) in [6.07, 6.45) is 2.34. The Kier molecular flexibility index (Phi) is 3.31. The van der Waals surface area contributed by atoms with Crippen LogP contribution in [0.4, 0.5) is 0 Å². The molecule has 0 aliphatic heterocycles. The van der Waals surface area contributed by atoms with Crippen molar-refractivity contribution >= 4 is 28.4 Å². The number of halogens is 1. The van der Waals surface area contributed by atoms with Crippen LogP contribution in [0.25, 0.3) is 22.5 Å². The fourth-order valence-electron chi connectivity index (χ4n) is 2.59. The van der Waals surface area contributed by atoms with Gasteiger partial charge in [0.25, 0.3) is 11.3 Å². The Morgan fingerprint density at radius 2 is 2.04 bits per heavy atom. The van der Waals surface area contributed by atoms with Crippen LogP contribution in [0.3, 0.4) is 0 Å². The number of aromatic nitrogens is 6. The monoisotopic (exact) mass is 340 g/mol. The second-order valence-electron chi connectivity index (χ2n) is 5.47. The second kappa shape index (κ2) is 5.38. The van der Waals surface area contributed by atoms with Crippen LogP contribution in [-0.4, -0.2) is 29.4 Å². The lowest BCUT2D eigenvalue weighted by Gasteiger charge is -2.09. The summed E-state index contributed by atoms with van der Waals surface area (Å²) < 4.78 is 3.01. The Hall–Kier alpha value is -2.80. The van der Waals surface area contributed by atoms with E-state index < -0.39 is 0 Å².